The molecule has 0 aliphatic carbocycles. The molecule has 0 saturated carbocycles. The molecular weight excluding hydrogens is 264 g/mol. The summed E-state index contributed by atoms with van der Waals surface area (Å²) in [6.45, 7) is 6.00. The molecule has 0 radical (unpaired) electrons. The van der Waals surface area contributed by atoms with Crippen molar-refractivity contribution in [1.29, 1.82) is 0 Å². The van der Waals surface area contributed by atoms with Gasteiger partial charge >= 0.3 is 0 Å². The second kappa shape index (κ2) is 7.90. The van der Waals surface area contributed by atoms with Gasteiger partial charge in [-0.2, -0.15) is 0 Å². The van der Waals surface area contributed by atoms with Crippen LogP contribution >= 0.6 is 0 Å². The van der Waals surface area contributed by atoms with Gasteiger partial charge in [-0.3, -0.25) is 0 Å². The van der Waals surface area contributed by atoms with E-state index >= 15 is 0 Å². The van der Waals surface area contributed by atoms with Crippen LogP contribution in [0.2, 0.25) is 0 Å². The van der Waals surface area contributed by atoms with Crippen molar-refractivity contribution in [3.63, 3.8) is 0 Å². The van der Waals surface area contributed by atoms with Crippen molar-refractivity contribution in [3.8, 4) is 0 Å². The Morgan fingerprint density at radius 3 is 2.57 bits per heavy atom. The molecule has 0 bridgehead atoms. The van der Waals surface area contributed by atoms with Crippen LogP contribution in [0.15, 0.2) is 30.3 Å². The van der Waals surface area contributed by atoms with Crippen LogP contribution in [-0.4, -0.2) is 54.9 Å². The minimum Gasteiger partial charge on any atom is -0.389 e. The number of hydrogen-bond donors (Lipinski definition) is 2. The first-order chi connectivity index (χ1) is 10.1. The summed E-state index contributed by atoms with van der Waals surface area (Å²) in [5, 5.41) is 13.5. The summed E-state index contributed by atoms with van der Waals surface area (Å²) < 4.78 is 5.60. The van der Waals surface area contributed by atoms with Gasteiger partial charge in [0.15, 0.2) is 0 Å². The van der Waals surface area contributed by atoms with E-state index in [0.29, 0.717) is 19.8 Å². The van der Waals surface area contributed by atoms with Crippen molar-refractivity contribution in [1.82, 2.24) is 10.2 Å². The maximum absolute atomic E-state index is 10.1. The van der Waals surface area contributed by atoms with Gasteiger partial charge in [-0.15, -0.1) is 0 Å². The van der Waals surface area contributed by atoms with Crippen LogP contribution in [0.4, 0.5) is 0 Å². The molecule has 1 aliphatic rings. The molecule has 1 aromatic rings. The Labute approximate surface area is 128 Å². The summed E-state index contributed by atoms with van der Waals surface area (Å²) in [5.41, 5.74) is 1.40. The van der Waals surface area contributed by atoms with Gasteiger partial charge in [0.1, 0.15) is 0 Å². The topological polar surface area (TPSA) is 44.7 Å². The standard InChI is InChI=1S/C17H28N2O2/c1-17(18-2)8-10-19(11-9-17)12-16(20)14-21-13-15-6-4-3-5-7-15/h3-7,16,18,20H,8-14H2,1-2H3. The van der Waals surface area contributed by atoms with Gasteiger partial charge in [-0.1, -0.05) is 30.3 Å². The molecule has 1 unspecified atom stereocenters. The van der Waals surface area contributed by atoms with Crippen molar-refractivity contribution in [2.45, 2.75) is 38.0 Å². The molecule has 0 spiro atoms. The summed E-state index contributed by atoms with van der Waals surface area (Å²) in [7, 11) is 2.03. The average molecular weight is 292 g/mol. The number of ether oxygens (including phenoxy) is 1. The summed E-state index contributed by atoms with van der Waals surface area (Å²) in [5.74, 6) is 0. The average Bonchev–Trinajstić information content (AvgIpc) is 2.51. The molecule has 1 heterocycles. The third-order valence-electron chi connectivity index (χ3n) is 4.45. The Morgan fingerprint density at radius 2 is 1.95 bits per heavy atom. The predicted molar refractivity (Wildman–Crippen MR) is 85.2 cm³/mol. The fraction of sp³-hybridized carbons (Fsp3) is 0.647. The fourth-order valence-corrected chi connectivity index (χ4v) is 2.72. The Morgan fingerprint density at radius 1 is 1.29 bits per heavy atom. The highest BCUT2D eigenvalue weighted by Crippen LogP contribution is 2.21. The number of benzene rings is 1. The maximum atomic E-state index is 10.1. The van der Waals surface area contributed by atoms with Gasteiger partial charge in [0.2, 0.25) is 0 Å². The van der Waals surface area contributed by atoms with Crippen molar-refractivity contribution in [3.05, 3.63) is 35.9 Å². The highest BCUT2D eigenvalue weighted by molar-refractivity contribution is 5.13. The minimum atomic E-state index is -0.410. The van der Waals surface area contributed by atoms with E-state index in [2.05, 4.69) is 17.1 Å². The lowest BCUT2D eigenvalue weighted by molar-refractivity contribution is 0.00259. The lowest BCUT2D eigenvalue weighted by Gasteiger charge is -2.39. The Bertz CT molecular complexity index is 403. The van der Waals surface area contributed by atoms with Crippen LogP contribution in [0.25, 0.3) is 0 Å². The van der Waals surface area contributed by atoms with E-state index in [4.69, 9.17) is 4.74 Å². The molecule has 1 aliphatic heterocycles. The molecule has 21 heavy (non-hydrogen) atoms. The second-order valence-electron chi connectivity index (χ2n) is 6.27. The fourth-order valence-electron chi connectivity index (χ4n) is 2.72. The summed E-state index contributed by atoms with van der Waals surface area (Å²) >= 11 is 0. The van der Waals surface area contributed by atoms with Gasteiger partial charge in [-0.05, 0) is 45.5 Å². The third kappa shape index (κ3) is 5.40. The van der Waals surface area contributed by atoms with Crippen molar-refractivity contribution in [2.24, 2.45) is 0 Å². The number of β-amino-alcohol motifs (C(OH)–C–C–N with tert-alkyl or cyclic N) is 1. The number of aliphatic hydroxyl groups excluding tert-OH is 1. The maximum Gasteiger partial charge on any atom is 0.0900 e. The first-order valence-corrected chi connectivity index (χ1v) is 7.82. The monoisotopic (exact) mass is 292 g/mol. The molecule has 0 amide bonds. The number of rotatable bonds is 7. The lowest BCUT2D eigenvalue weighted by atomic mass is 9.90. The molecule has 4 heteroatoms. The molecule has 2 N–H and O–H groups in total. The van der Waals surface area contributed by atoms with Crippen molar-refractivity contribution < 1.29 is 9.84 Å². The van der Waals surface area contributed by atoms with E-state index < -0.39 is 6.10 Å². The van der Waals surface area contributed by atoms with E-state index in [1.807, 2.05) is 37.4 Å². The number of piperidine rings is 1. The summed E-state index contributed by atoms with van der Waals surface area (Å²) in [6.07, 6.45) is 1.84. The molecule has 1 aromatic carbocycles. The van der Waals surface area contributed by atoms with E-state index in [0.717, 1.165) is 31.5 Å². The highest BCUT2D eigenvalue weighted by Gasteiger charge is 2.28. The van der Waals surface area contributed by atoms with Gasteiger partial charge in [0.05, 0.1) is 19.3 Å². The Kier molecular flexibility index (Phi) is 6.18. The van der Waals surface area contributed by atoms with E-state index in [1.165, 1.54) is 0 Å². The van der Waals surface area contributed by atoms with Gasteiger partial charge < -0.3 is 20.1 Å². The van der Waals surface area contributed by atoms with Gasteiger partial charge in [-0.25, -0.2) is 0 Å². The molecule has 0 aromatic heterocycles. The summed E-state index contributed by atoms with van der Waals surface area (Å²) in [4.78, 5) is 2.33. The quantitative estimate of drug-likeness (QED) is 0.802. The molecule has 1 saturated heterocycles. The van der Waals surface area contributed by atoms with Crippen LogP contribution in [-0.2, 0) is 11.3 Å². The predicted octanol–water partition coefficient (Wildman–Crippen LogP) is 1.64. The molecule has 1 atom stereocenters. The molecule has 1 fully saturated rings. The van der Waals surface area contributed by atoms with Gasteiger partial charge in [0, 0.05) is 12.1 Å². The smallest absolute Gasteiger partial charge is 0.0900 e. The Hall–Kier alpha value is -0.940. The minimum absolute atomic E-state index is 0.255. The van der Waals surface area contributed by atoms with Gasteiger partial charge in [0.25, 0.3) is 0 Å². The number of nitrogens with zero attached hydrogens (tertiary/aromatic N) is 1. The largest absolute Gasteiger partial charge is 0.389 e. The highest BCUT2D eigenvalue weighted by atomic mass is 16.5. The molecule has 4 nitrogen and oxygen atoms in total. The molecule has 118 valence electrons. The van der Waals surface area contributed by atoms with Crippen molar-refractivity contribution >= 4 is 0 Å². The van der Waals surface area contributed by atoms with E-state index in [1.54, 1.807) is 0 Å². The van der Waals surface area contributed by atoms with Crippen LogP contribution < -0.4 is 5.32 Å². The number of aliphatic hydroxyl groups is 1. The summed E-state index contributed by atoms with van der Waals surface area (Å²) in [6, 6.07) is 10.1. The third-order valence-corrected chi connectivity index (χ3v) is 4.45. The first-order valence-electron chi connectivity index (χ1n) is 7.82. The zero-order chi connectivity index (χ0) is 15.1. The lowest BCUT2D eigenvalue weighted by Crippen LogP contribution is -2.51. The normalized spacial score (nSPS) is 20.3. The van der Waals surface area contributed by atoms with Crippen LogP contribution in [0.1, 0.15) is 25.3 Å². The van der Waals surface area contributed by atoms with E-state index in [9.17, 15) is 5.11 Å². The van der Waals surface area contributed by atoms with E-state index in [-0.39, 0.29) is 5.54 Å². The van der Waals surface area contributed by atoms with Crippen LogP contribution in [0.5, 0.6) is 0 Å². The molecule has 2 rings (SSSR count). The SMILES string of the molecule is CNC1(C)CCN(CC(O)COCc2ccccc2)CC1. The zero-order valence-electron chi connectivity index (χ0n) is 13.2. The number of hydrogen-bond acceptors (Lipinski definition) is 4. The molecular formula is C17H28N2O2. The Balaban J connectivity index is 1.63. The van der Waals surface area contributed by atoms with Crippen LogP contribution in [0, 0.1) is 0 Å². The van der Waals surface area contributed by atoms with Crippen molar-refractivity contribution in [2.75, 3.05) is 33.3 Å². The van der Waals surface area contributed by atoms with Crippen LogP contribution in [0.3, 0.4) is 0 Å². The second-order valence-corrected chi connectivity index (χ2v) is 6.27. The first kappa shape index (κ1) is 16.4. The number of likely N-dealkylation sites (tertiary alicyclic amines) is 1. The number of nitrogens with one attached hydrogen (secondary N) is 1. The zero-order valence-corrected chi connectivity index (χ0v) is 13.2.